The number of aromatic nitrogens is 2. The standard InChI is InChI=1S/C41H31N3O4/c1-2-30(25-15-6-3-7-16-25)44-40(46)35-28-21-12-13-23-31(28)42-37(26-17-8-4-9-18-26)34(35)29-22-14-24-32-33(29)36(41(47)48)39(45)38(43-32)27-19-10-5-11-20-27/h3-24,30,45H,2H2,1H3,(H,44,46)(H,47,48)/t30-/m0/s1. The minimum atomic E-state index is -1.32. The van der Waals surface area contributed by atoms with Crippen molar-refractivity contribution in [2.75, 3.05) is 0 Å². The number of para-hydroxylation sites is 1. The van der Waals surface area contributed by atoms with Crippen LogP contribution in [0.15, 0.2) is 133 Å². The average molecular weight is 630 g/mol. The van der Waals surface area contributed by atoms with Crippen molar-refractivity contribution in [3.05, 3.63) is 150 Å². The smallest absolute Gasteiger partial charge is 0.340 e. The maximum Gasteiger partial charge on any atom is 0.340 e. The lowest BCUT2D eigenvalue weighted by Gasteiger charge is -2.23. The summed E-state index contributed by atoms with van der Waals surface area (Å²) in [5.41, 5.74) is 4.84. The van der Waals surface area contributed by atoms with E-state index < -0.39 is 11.7 Å². The van der Waals surface area contributed by atoms with Crippen LogP contribution in [0.2, 0.25) is 0 Å². The number of fused-ring (bicyclic) bond motifs is 2. The summed E-state index contributed by atoms with van der Waals surface area (Å²) in [6, 6.07) is 40.7. The molecule has 0 unspecified atom stereocenters. The van der Waals surface area contributed by atoms with Gasteiger partial charge < -0.3 is 15.5 Å². The van der Waals surface area contributed by atoms with Crippen molar-refractivity contribution in [1.29, 1.82) is 0 Å². The number of amides is 1. The number of aromatic hydroxyl groups is 1. The van der Waals surface area contributed by atoms with Crippen LogP contribution in [0.3, 0.4) is 0 Å². The summed E-state index contributed by atoms with van der Waals surface area (Å²) in [6.45, 7) is 2.02. The summed E-state index contributed by atoms with van der Waals surface area (Å²) in [7, 11) is 0. The van der Waals surface area contributed by atoms with Crippen LogP contribution in [0.4, 0.5) is 0 Å². The molecule has 7 nitrogen and oxygen atoms in total. The van der Waals surface area contributed by atoms with Gasteiger partial charge in [0.25, 0.3) is 5.91 Å². The summed E-state index contributed by atoms with van der Waals surface area (Å²) in [5, 5.41) is 26.3. The molecular formula is C41H31N3O4. The van der Waals surface area contributed by atoms with Crippen LogP contribution in [-0.4, -0.2) is 32.1 Å². The number of hydrogen-bond donors (Lipinski definition) is 3. The summed E-state index contributed by atoms with van der Waals surface area (Å²) in [4.78, 5) is 37.6. The monoisotopic (exact) mass is 629 g/mol. The number of carbonyl (C=O) groups excluding carboxylic acids is 1. The third-order valence-corrected chi connectivity index (χ3v) is 8.60. The molecule has 1 amide bonds. The van der Waals surface area contributed by atoms with Gasteiger partial charge >= 0.3 is 5.97 Å². The lowest BCUT2D eigenvalue weighted by molar-refractivity contribution is 0.0695. The molecule has 1 atom stereocenters. The van der Waals surface area contributed by atoms with Gasteiger partial charge in [-0.3, -0.25) is 4.79 Å². The fourth-order valence-electron chi connectivity index (χ4n) is 6.37. The maximum absolute atomic E-state index is 14.7. The Kier molecular flexibility index (Phi) is 8.09. The van der Waals surface area contributed by atoms with Gasteiger partial charge in [0.05, 0.1) is 28.3 Å². The molecule has 48 heavy (non-hydrogen) atoms. The number of nitrogens with one attached hydrogen (secondary N) is 1. The van der Waals surface area contributed by atoms with E-state index in [0.717, 1.165) is 11.1 Å². The Bertz CT molecular complexity index is 2310. The first kappa shape index (κ1) is 30.3. The topological polar surface area (TPSA) is 112 Å². The predicted octanol–water partition coefficient (Wildman–Crippen LogP) is 9.07. The molecule has 0 fully saturated rings. The molecule has 0 bridgehead atoms. The first-order chi connectivity index (χ1) is 23.5. The van der Waals surface area contributed by atoms with Crippen LogP contribution in [0.25, 0.3) is 55.4 Å². The van der Waals surface area contributed by atoms with Gasteiger partial charge in [-0.1, -0.05) is 128 Å². The fraction of sp³-hybridized carbons (Fsp3) is 0.0732. The molecule has 0 aliphatic heterocycles. The molecular weight excluding hydrogens is 598 g/mol. The van der Waals surface area contributed by atoms with Crippen molar-refractivity contribution in [2.45, 2.75) is 19.4 Å². The van der Waals surface area contributed by atoms with Crippen LogP contribution in [0.1, 0.15) is 45.7 Å². The molecule has 2 aromatic heterocycles. The van der Waals surface area contributed by atoms with Crippen LogP contribution in [-0.2, 0) is 0 Å². The Morgan fingerprint density at radius 2 is 1.23 bits per heavy atom. The normalized spacial score (nSPS) is 11.8. The highest BCUT2D eigenvalue weighted by molar-refractivity contribution is 6.19. The molecule has 0 aliphatic carbocycles. The third kappa shape index (κ3) is 5.41. The Morgan fingerprint density at radius 3 is 1.88 bits per heavy atom. The van der Waals surface area contributed by atoms with Gasteiger partial charge in [-0.15, -0.1) is 0 Å². The van der Waals surface area contributed by atoms with Crippen molar-refractivity contribution in [3.8, 4) is 39.4 Å². The number of hydrogen-bond acceptors (Lipinski definition) is 5. The Morgan fingerprint density at radius 1 is 0.667 bits per heavy atom. The molecule has 2 heterocycles. The number of carboxylic acids is 1. The zero-order valence-corrected chi connectivity index (χ0v) is 26.1. The highest BCUT2D eigenvalue weighted by atomic mass is 16.4. The quantitative estimate of drug-likeness (QED) is 0.155. The minimum absolute atomic E-state index is 0.157. The average Bonchev–Trinajstić information content (AvgIpc) is 3.13. The van der Waals surface area contributed by atoms with Gasteiger partial charge in [0.2, 0.25) is 0 Å². The van der Waals surface area contributed by atoms with Gasteiger partial charge in [-0.25, -0.2) is 14.8 Å². The molecule has 234 valence electrons. The number of nitrogens with zero attached hydrogens (tertiary/aromatic N) is 2. The van der Waals surface area contributed by atoms with Crippen molar-refractivity contribution in [1.82, 2.24) is 15.3 Å². The van der Waals surface area contributed by atoms with Crippen molar-refractivity contribution in [2.24, 2.45) is 0 Å². The van der Waals surface area contributed by atoms with Gasteiger partial charge in [-0.05, 0) is 29.7 Å². The van der Waals surface area contributed by atoms with Crippen LogP contribution >= 0.6 is 0 Å². The Labute approximate surface area is 277 Å². The van der Waals surface area contributed by atoms with Crippen LogP contribution < -0.4 is 5.32 Å². The van der Waals surface area contributed by atoms with Gasteiger partial charge in [-0.2, -0.15) is 0 Å². The summed E-state index contributed by atoms with van der Waals surface area (Å²) in [6.07, 6.45) is 0.650. The highest BCUT2D eigenvalue weighted by Gasteiger charge is 2.29. The zero-order chi connectivity index (χ0) is 33.2. The molecule has 0 radical (unpaired) electrons. The van der Waals surface area contributed by atoms with Crippen LogP contribution in [0, 0.1) is 0 Å². The van der Waals surface area contributed by atoms with E-state index in [2.05, 4.69) is 5.32 Å². The van der Waals surface area contributed by atoms with E-state index in [-0.39, 0.29) is 28.6 Å². The zero-order valence-electron chi connectivity index (χ0n) is 26.1. The molecule has 7 aromatic rings. The van der Waals surface area contributed by atoms with Crippen molar-refractivity contribution in [3.63, 3.8) is 0 Å². The molecule has 0 saturated heterocycles. The molecule has 0 saturated carbocycles. The largest absolute Gasteiger partial charge is 0.505 e. The number of benzene rings is 5. The number of carbonyl (C=O) groups is 2. The van der Waals surface area contributed by atoms with E-state index in [1.165, 1.54) is 0 Å². The van der Waals surface area contributed by atoms with E-state index in [1.807, 2.05) is 97.9 Å². The second-order valence-corrected chi connectivity index (χ2v) is 11.5. The minimum Gasteiger partial charge on any atom is -0.505 e. The van der Waals surface area contributed by atoms with Gasteiger partial charge in [0.1, 0.15) is 11.3 Å². The first-order valence-corrected chi connectivity index (χ1v) is 15.7. The van der Waals surface area contributed by atoms with E-state index in [4.69, 9.17) is 9.97 Å². The number of aromatic carboxylic acids is 1. The first-order valence-electron chi connectivity index (χ1n) is 15.7. The number of carboxylic acid groups (broad SMARTS) is 1. The lowest BCUT2D eigenvalue weighted by atomic mass is 9.87. The molecule has 0 spiro atoms. The predicted molar refractivity (Wildman–Crippen MR) is 189 cm³/mol. The van der Waals surface area contributed by atoms with Crippen molar-refractivity contribution >= 4 is 33.7 Å². The number of pyridine rings is 2. The second kappa shape index (κ2) is 12.8. The third-order valence-electron chi connectivity index (χ3n) is 8.60. The summed E-state index contributed by atoms with van der Waals surface area (Å²) < 4.78 is 0. The fourth-order valence-corrected chi connectivity index (χ4v) is 6.37. The van der Waals surface area contributed by atoms with E-state index in [0.29, 0.717) is 50.8 Å². The van der Waals surface area contributed by atoms with E-state index in [9.17, 15) is 19.8 Å². The molecule has 3 N–H and O–H groups in total. The Hall–Kier alpha value is -6.34. The highest BCUT2D eigenvalue weighted by Crippen LogP contribution is 2.44. The summed E-state index contributed by atoms with van der Waals surface area (Å²) in [5.74, 6) is -2.10. The summed E-state index contributed by atoms with van der Waals surface area (Å²) >= 11 is 0. The van der Waals surface area contributed by atoms with Gasteiger partial charge in [0.15, 0.2) is 5.75 Å². The molecule has 5 aromatic carbocycles. The molecule has 7 rings (SSSR count). The van der Waals surface area contributed by atoms with E-state index in [1.54, 1.807) is 42.5 Å². The molecule has 7 heteroatoms. The number of rotatable bonds is 8. The maximum atomic E-state index is 14.7. The van der Waals surface area contributed by atoms with E-state index >= 15 is 0 Å². The van der Waals surface area contributed by atoms with Crippen LogP contribution in [0.5, 0.6) is 5.75 Å². The second-order valence-electron chi connectivity index (χ2n) is 11.5. The molecule has 0 aliphatic rings. The SMILES string of the molecule is CC[C@H](NC(=O)c1c(-c2cccc3nc(-c4ccccc4)c(O)c(C(=O)O)c23)c(-c2ccccc2)nc2ccccc12)c1ccccc1. The van der Waals surface area contributed by atoms with Crippen molar-refractivity contribution < 1.29 is 19.8 Å². The lowest BCUT2D eigenvalue weighted by Crippen LogP contribution is -2.29. The van der Waals surface area contributed by atoms with Gasteiger partial charge in [0, 0.05) is 27.5 Å². The Balaban J connectivity index is 1.58.